The Bertz CT molecular complexity index is 2440. The van der Waals surface area contributed by atoms with E-state index in [1.807, 2.05) is 0 Å². The maximum Gasteiger partial charge on any atom is 0.0562 e. The molecule has 0 spiro atoms. The molecule has 0 saturated heterocycles. The lowest BCUT2D eigenvalue weighted by Gasteiger charge is -2.17. The molecule has 2 nitrogen and oxygen atoms in total. The van der Waals surface area contributed by atoms with Gasteiger partial charge in [-0.05, 0) is 53.1 Å². The van der Waals surface area contributed by atoms with E-state index in [0.29, 0.717) is 0 Å². The molecule has 0 aliphatic rings. The minimum absolute atomic E-state index is 1.15. The summed E-state index contributed by atoms with van der Waals surface area (Å²) in [4.78, 5) is 0. The van der Waals surface area contributed by atoms with Gasteiger partial charge in [-0.1, -0.05) is 133 Å². The Morgan fingerprint density at radius 1 is 0.295 bits per heavy atom. The minimum atomic E-state index is 1.15. The van der Waals surface area contributed by atoms with Gasteiger partial charge in [0.25, 0.3) is 0 Å². The van der Waals surface area contributed by atoms with Crippen molar-refractivity contribution in [3.8, 4) is 33.6 Å². The van der Waals surface area contributed by atoms with Crippen LogP contribution < -0.4 is 0 Å². The van der Waals surface area contributed by atoms with Crippen LogP contribution in [0.2, 0.25) is 0 Å². The first-order chi connectivity index (χ1) is 21.9. The molecule has 0 bridgehead atoms. The molecule has 44 heavy (non-hydrogen) atoms. The zero-order valence-corrected chi connectivity index (χ0v) is 24.1. The van der Waals surface area contributed by atoms with Gasteiger partial charge in [-0.15, -0.1) is 0 Å². The minimum Gasteiger partial charge on any atom is -0.309 e. The van der Waals surface area contributed by atoms with Crippen LogP contribution in [-0.4, -0.2) is 9.13 Å². The molecule has 7 aromatic carbocycles. The number of nitrogens with zero attached hydrogens (tertiary/aromatic N) is 2. The van der Waals surface area contributed by atoms with Crippen LogP contribution in [0.15, 0.2) is 170 Å². The van der Waals surface area contributed by atoms with Gasteiger partial charge in [0.1, 0.15) is 0 Å². The van der Waals surface area contributed by atoms with Gasteiger partial charge in [-0.3, -0.25) is 0 Å². The van der Waals surface area contributed by atoms with Crippen molar-refractivity contribution in [1.82, 2.24) is 9.13 Å². The first-order valence-electron chi connectivity index (χ1n) is 15.1. The van der Waals surface area contributed by atoms with E-state index in [-0.39, 0.29) is 0 Å². The van der Waals surface area contributed by atoms with Gasteiger partial charge in [0.15, 0.2) is 0 Å². The number of hydrogen-bond donors (Lipinski definition) is 0. The highest BCUT2D eigenvalue weighted by molar-refractivity contribution is 6.12. The molecular weight excluding hydrogens is 532 g/mol. The third-order valence-corrected chi connectivity index (χ3v) is 8.94. The van der Waals surface area contributed by atoms with Crippen molar-refractivity contribution in [2.24, 2.45) is 0 Å². The summed E-state index contributed by atoms with van der Waals surface area (Å²) in [6.07, 6.45) is 0. The smallest absolute Gasteiger partial charge is 0.0562 e. The molecule has 0 saturated carbocycles. The Balaban J connectivity index is 1.35. The number of fused-ring (bicyclic) bond motifs is 6. The lowest BCUT2D eigenvalue weighted by Crippen LogP contribution is -1.99. The number of aromatic nitrogens is 2. The molecule has 0 aliphatic heterocycles. The number of hydrogen-bond acceptors (Lipinski definition) is 0. The van der Waals surface area contributed by atoms with Gasteiger partial charge in [-0.2, -0.15) is 0 Å². The standard InChI is InChI=1S/C42H28N2/c1-2-14-29(15-3-1)31-16-4-5-17-32(31)33-18-6-12-24-40(33)44-41-25-13-9-21-36(41)37-27-26-30(28-42(37)44)43-38-22-10-7-19-34(38)35-20-8-11-23-39(35)43/h1-28H. The monoisotopic (exact) mass is 560 g/mol. The molecule has 9 aromatic rings. The van der Waals surface area contributed by atoms with E-state index in [4.69, 9.17) is 0 Å². The summed E-state index contributed by atoms with van der Waals surface area (Å²) in [5.41, 5.74) is 12.0. The van der Waals surface area contributed by atoms with E-state index < -0.39 is 0 Å². The zero-order chi connectivity index (χ0) is 29.0. The second-order valence-electron chi connectivity index (χ2n) is 11.4. The third-order valence-electron chi connectivity index (χ3n) is 8.94. The van der Waals surface area contributed by atoms with Gasteiger partial charge in [-0.25, -0.2) is 0 Å². The predicted octanol–water partition coefficient (Wildman–Crippen LogP) is 11.2. The van der Waals surface area contributed by atoms with E-state index in [0.717, 1.165) is 5.69 Å². The molecule has 0 atom stereocenters. The van der Waals surface area contributed by atoms with E-state index in [1.54, 1.807) is 0 Å². The predicted molar refractivity (Wildman–Crippen MR) is 186 cm³/mol. The van der Waals surface area contributed by atoms with E-state index in [9.17, 15) is 0 Å². The molecule has 0 radical (unpaired) electrons. The molecular formula is C42H28N2. The Kier molecular flexibility index (Phi) is 5.54. The molecule has 0 fully saturated rings. The van der Waals surface area contributed by atoms with Crippen molar-refractivity contribution in [1.29, 1.82) is 0 Å². The van der Waals surface area contributed by atoms with Crippen LogP contribution in [0.1, 0.15) is 0 Å². The highest BCUT2D eigenvalue weighted by Crippen LogP contribution is 2.40. The van der Waals surface area contributed by atoms with E-state index >= 15 is 0 Å². The Hall–Kier alpha value is -5.86. The largest absolute Gasteiger partial charge is 0.309 e. The summed E-state index contributed by atoms with van der Waals surface area (Å²) in [6, 6.07) is 61.4. The van der Waals surface area contributed by atoms with Gasteiger partial charge >= 0.3 is 0 Å². The molecule has 0 amide bonds. The third kappa shape index (κ3) is 3.68. The van der Waals surface area contributed by atoms with Crippen LogP contribution in [0, 0.1) is 0 Å². The van der Waals surface area contributed by atoms with Crippen LogP contribution in [0.4, 0.5) is 0 Å². The summed E-state index contributed by atoms with van der Waals surface area (Å²) in [5.74, 6) is 0. The van der Waals surface area contributed by atoms with Gasteiger partial charge in [0.2, 0.25) is 0 Å². The highest BCUT2D eigenvalue weighted by Gasteiger charge is 2.19. The molecule has 0 N–H and O–H groups in total. The maximum atomic E-state index is 2.46. The summed E-state index contributed by atoms with van der Waals surface area (Å²) in [7, 11) is 0. The zero-order valence-electron chi connectivity index (χ0n) is 24.1. The van der Waals surface area contributed by atoms with Crippen LogP contribution in [-0.2, 0) is 0 Å². The Morgan fingerprint density at radius 2 is 0.773 bits per heavy atom. The van der Waals surface area contributed by atoms with Crippen molar-refractivity contribution in [3.63, 3.8) is 0 Å². The normalized spacial score (nSPS) is 11.6. The van der Waals surface area contributed by atoms with Crippen molar-refractivity contribution >= 4 is 43.6 Å². The second-order valence-corrected chi connectivity index (χ2v) is 11.4. The Morgan fingerprint density at radius 3 is 1.43 bits per heavy atom. The SMILES string of the molecule is c1ccc(-c2ccccc2-c2ccccc2-n2c3ccccc3c3ccc(-n4c5ccccc5c5ccccc54)cc32)cc1. The quantitative estimate of drug-likeness (QED) is 0.203. The van der Waals surface area contributed by atoms with Crippen LogP contribution in [0.3, 0.4) is 0 Å². The van der Waals surface area contributed by atoms with Gasteiger partial charge in [0.05, 0.1) is 27.8 Å². The molecule has 2 aromatic heterocycles. The molecule has 0 unspecified atom stereocenters. The molecule has 0 aliphatic carbocycles. The molecule has 9 rings (SSSR count). The first-order valence-corrected chi connectivity index (χ1v) is 15.1. The van der Waals surface area contributed by atoms with Crippen molar-refractivity contribution in [3.05, 3.63) is 170 Å². The fourth-order valence-corrected chi connectivity index (χ4v) is 7.04. The topological polar surface area (TPSA) is 9.86 Å². The van der Waals surface area contributed by atoms with Crippen LogP contribution in [0.25, 0.3) is 77.2 Å². The summed E-state index contributed by atoms with van der Waals surface area (Å²) >= 11 is 0. The second kappa shape index (κ2) is 9.86. The number of rotatable bonds is 4. The Labute approximate surface area is 255 Å². The van der Waals surface area contributed by atoms with Crippen molar-refractivity contribution in [2.45, 2.75) is 0 Å². The fraction of sp³-hybridized carbons (Fsp3) is 0. The van der Waals surface area contributed by atoms with Crippen LogP contribution in [0.5, 0.6) is 0 Å². The number of benzene rings is 7. The molecule has 2 heterocycles. The average molecular weight is 561 g/mol. The summed E-state index contributed by atoms with van der Waals surface area (Å²) in [6.45, 7) is 0. The van der Waals surface area contributed by atoms with E-state index in [1.165, 1.54) is 71.6 Å². The average Bonchev–Trinajstić information content (AvgIpc) is 3.61. The summed E-state index contributed by atoms with van der Waals surface area (Å²) < 4.78 is 4.86. The molecule has 2 heteroatoms. The van der Waals surface area contributed by atoms with Crippen molar-refractivity contribution in [2.75, 3.05) is 0 Å². The van der Waals surface area contributed by atoms with Gasteiger partial charge < -0.3 is 9.13 Å². The lowest BCUT2D eigenvalue weighted by molar-refractivity contribution is 1.16. The fourth-order valence-electron chi connectivity index (χ4n) is 7.04. The first kappa shape index (κ1) is 24.7. The number of para-hydroxylation sites is 4. The maximum absolute atomic E-state index is 2.46. The summed E-state index contributed by atoms with van der Waals surface area (Å²) in [5, 5.41) is 5.04. The lowest BCUT2D eigenvalue weighted by atomic mass is 9.93. The highest BCUT2D eigenvalue weighted by atomic mass is 15.0. The molecule has 206 valence electrons. The van der Waals surface area contributed by atoms with E-state index in [2.05, 4.69) is 179 Å². The van der Waals surface area contributed by atoms with Crippen LogP contribution >= 0.6 is 0 Å². The van der Waals surface area contributed by atoms with Crippen molar-refractivity contribution < 1.29 is 0 Å². The van der Waals surface area contributed by atoms with Gasteiger partial charge in [0, 0.05) is 32.8 Å².